The van der Waals surface area contributed by atoms with Crippen LogP contribution in [0.4, 0.5) is 0 Å². The number of hydrogen-bond donors (Lipinski definition) is 9. The van der Waals surface area contributed by atoms with Crippen LogP contribution in [-0.4, -0.2) is 134 Å². The summed E-state index contributed by atoms with van der Waals surface area (Å²) in [5.41, 5.74) is 0.649. The van der Waals surface area contributed by atoms with Crippen LogP contribution in [0.3, 0.4) is 0 Å². The van der Waals surface area contributed by atoms with Gasteiger partial charge in [-0.15, -0.1) is 0 Å². The number of aliphatic hydroxyl groups is 6. The molecule has 16 nitrogen and oxygen atoms in total. The lowest BCUT2D eigenvalue weighted by Crippen LogP contribution is -2.64. The van der Waals surface area contributed by atoms with Crippen molar-refractivity contribution in [3.63, 3.8) is 0 Å². The zero-order chi connectivity index (χ0) is 33.7. The number of carbonyl (C=O) groups excluding carboxylic acids is 1. The summed E-state index contributed by atoms with van der Waals surface area (Å²) in [6, 6.07) is 7.95. The van der Waals surface area contributed by atoms with E-state index >= 15 is 0 Å². The molecule has 2 aliphatic heterocycles. The highest BCUT2D eigenvalue weighted by Crippen LogP contribution is 2.32. The van der Waals surface area contributed by atoms with Crippen LogP contribution in [0.1, 0.15) is 24.2 Å². The number of hydrogen-bond acceptors (Lipinski definition) is 16. The van der Waals surface area contributed by atoms with Crippen molar-refractivity contribution in [3.8, 4) is 23.0 Å². The molecule has 2 aromatic carbocycles. The van der Waals surface area contributed by atoms with Gasteiger partial charge in [-0.3, -0.25) is 0 Å². The molecule has 0 radical (unpaired) electrons. The highest BCUT2D eigenvalue weighted by atomic mass is 16.7. The number of carbonyl (C=O) groups is 1. The van der Waals surface area contributed by atoms with E-state index in [2.05, 4.69) is 0 Å². The topological polar surface area (TPSA) is 255 Å². The normalized spacial score (nSPS) is 32.3. The number of benzene rings is 2. The predicted octanol–water partition coefficient (Wildman–Crippen LogP) is -1.22. The van der Waals surface area contributed by atoms with Crippen molar-refractivity contribution < 1.29 is 79.2 Å². The number of aliphatic hydroxyl groups excluding tert-OH is 6. The Labute approximate surface area is 262 Å². The highest BCUT2D eigenvalue weighted by Gasteiger charge is 2.50. The van der Waals surface area contributed by atoms with Crippen LogP contribution >= 0.6 is 0 Å². The predicted molar refractivity (Wildman–Crippen MR) is 153 cm³/mol. The van der Waals surface area contributed by atoms with Gasteiger partial charge in [-0.25, -0.2) is 4.79 Å². The van der Waals surface area contributed by atoms with E-state index in [-0.39, 0.29) is 17.1 Å². The van der Waals surface area contributed by atoms with Crippen molar-refractivity contribution >= 4 is 12.0 Å². The van der Waals surface area contributed by atoms with Gasteiger partial charge in [0, 0.05) is 6.08 Å². The Morgan fingerprint density at radius 3 is 2.28 bits per heavy atom. The molecule has 0 aliphatic carbocycles. The molecular weight excluding hydrogens is 616 g/mol. The van der Waals surface area contributed by atoms with Gasteiger partial charge in [-0.05, 0) is 48.4 Å². The van der Waals surface area contributed by atoms with Crippen molar-refractivity contribution in [1.82, 2.24) is 0 Å². The van der Waals surface area contributed by atoms with Crippen LogP contribution < -0.4 is 4.74 Å². The van der Waals surface area contributed by atoms with Crippen LogP contribution in [0.2, 0.25) is 0 Å². The Bertz CT molecular complexity index is 1350. The summed E-state index contributed by atoms with van der Waals surface area (Å²) in [6.07, 6.45) is -14.6. The van der Waals surface area contributed by atoms with E-state index in [9.17, 15) is 50.8 Å². The van der Waals surface area contributed by atoms with E-state index in [0.717, 1.165) is 18.2 Å². The van der Waals surface area contributed by atoms with E-state index in [0.29, 0.717) is 5.56 Å². The minimum Gasteiger partial charge on any atom is -0.504 e. The third kappa shape index (κ3) is 8.23. The molecular formula is C30H38O16. The van der Waals surface area contributed by atoms with Crippen molar-refractivity contribution in [2.45, 2.75) is 74.4 Å². The van der Waals surface area contributed by atoms with Crippen molar-refractivity contribution in [2.75, 3.05) is 20.3 Å². The number of phenolic OH excluding ortho intramolecular Hbond substituents is 3. The van der Waals surface area contributed by atoms with Crippen LogP contribution in [0.15, 0.2) is 42.5 Å². The molecule has 2 aliphatic rings. The largest absolute Gasteiger partial charge is 0.504 e. The fourth-order valence-corrected chi connectivity index (χ4v) is 4.82. The lowest BCUT2D eigenvalue weighted by molar-refractivity contribution is -0.358. The van der Waals surface area contributed by atoms with E-state index in [1.165, 1.54) is 44.4 Å². The fourth-order valence-electron chi connectivity index (χ4n) is 4.82. The lowest BCUT2D eigenvalue weighted by Gasteiger charge is -2.45. The van der Waals surface area contributed by atoms with E-state index in [1.54, 1.807) is 0 Å². The molecule has 2 heterocycles. The summed E-state index contributed by atoms with van der Waals surface area (Å²) in [7, 11) is 1.36. The summed E-state index contributed by atoms with van der Waals surface area (Å²) in [5, 5.41) is 92.3. The molecule has 11 atom stereocenters. The average Bonchev–Trinajstić information content (AvgIpc) is 3.04. The quantitative estimate of drug-likeness (QED) is 0.0782. The van der Waals surface area contributed by atoms with Crippen molar-refractivity contribution in [2.24, 2.45) is 0 Å². The summed E-state index contributed by atoms with van der Waals surface area (Å²) < 4.78 is 32.6. The Hall–Kier alpha value is -3.55. The van der Waals surface area contributed by atoms with Crippen LogP contribution in [0.25, 0.3) is 6.08 Å². The number of rotatable bonds is 11. The van der Waals surface area contributed by atoms with Gasteiger partial charge in [-0.1, -0.05) is 12.1 Å². The first-order valence-corrected chi connectivity index (χ1v) is 14.2. The smallest absolute Gasteiger partial charge is 0.330 e. The fraction of sp³-hybridized carbons (Fsp3) is 0.500. The Morgan fingerprint density at radius 1 is 0.870 bits per heavy atom. The molecule has 0 amide bonds. The number of aromatic hydroxyl groups is 3. The molecule has 4 rings (SSSR count). The number of esters is 1. The molecule has 2 saturated heterocycles. The first-order chi connectivity index (χ1) is 21.8. The molecule has 0 bridgehead atoms. The molecule has 2 fully saturated rings. The Morgan fingerprint density at radius 2 is 1.59 bits per heavy atom. The van der Waals surface area contributed by atoms with Gasteiger partial charge in [0.15, 0.2) is 35.6 Å². The monoisotopic (exact) mass is 654 g/mol. The maximum Gasteiger partial charge on any atom is 0.330 e. The van der Waals surface area contributed by atoms with E-state index < -0.39 is 98.2 Å². The zero-order valence-corrected chi connectivity index (χ0v) is 24.8. The van der Waals surface area contributed by atoms with E-state index in [1.807, 2.05) is 0 Å². The molecule has 16 heteroatoms. The standard InChI is InChI=1S/C30H38O16/c1-13-23(36)25(38)26(39)30(44-13)46-28-24(37)21(12-42-22(35)8-4-14-3-6-17(32)20(9-14)41-2)45-29(27(28)40)43-11-19(34)15-5-7-16(31)18(33)10-15/h3-10,13,19,21,23-34,36-40H,11-12H2,1-2H3/b8-4+/t13-,19+,21+,23-,24+,25+,26+,27+,28-,29+,30-/m0/s1. The van der Waals surface area contributed by atoms with Gasteiger partial charge in [-0.2, -0.15) is 0 Å². The van der Waals surface area contributed by atoms with Crippen LogP contribution in [0.5, 0.6) is 23.0 Å². The SMILES string of the molecule is COc1cc(/C=C/C(=O)OC[C@H]2O[C@@H](OC[C@@H](O)c3ccc(O)c(O)c3)[C@H](O)[C@@H](O[C@@H]3O[C@@H](C)[C@H](O)[C@@H](O)[C@H]3O)[C@@H]2O)ccc1O. The molecule has 0 spiro atoms. The second-order valence-electron chi connectivity index (χ2n) is 10.8. The minimum atomic E-state index is -1.79. The van der Waals surface area contributed by atoms with Gasteiger partial charge in [0.2, 0.25) is 0 Å². The maximum absolute atomic E-state index is 12.5. The van der Waals surface area contributed by atoms with Crippen molar-refractivity contribution in [1.29, 1.82) is 0 Å². The van der Waals surface area contributed by atoms with Gasteiger partial charge in [0.05, 0.1) is 19.8 Å². The first-order valence-electron chi connectivity index (χ1n) is 14.2. The summed E-state index contributed by atoms with van der Waals surface area (Å²) in [4.78, 5) is 12.5. The minimum absolute atomic E-state index is 0.0959. The highest BCUT2D eigenvalue weighted by molar-refractivity contribution is 5.87. The second kappa shape index (κ2) is 15.4. The van der Waals surface area contributed by atoms with Gasteiger partial charge >= 0.3 is 5.97 Å². The number of ether oxygens (including phenoxy) is 6. The maximum atomic E-state index is 12.5. The third-order valence-corrected chi connectivity index (χ3v) is 7.55. The first kappa shape index (κ1) is 35.3. The Kier molecular flexibility index (Phi) is 11.8. The Balaban J connectivity index is 1.47. The number of phenols is 3. The average molecular weight is 655 g/mol. The molecule has 254 valence electrons. The zero-order valence-electron chi connectivity index (χ0n) is 24.8. The van der Waals surface area contributed by atoms with Gasteiger partial charge < -0.3 is 74.4 Å². The molecule has 46 heavy (non-hydrogen) atoms. The van der Waals surface area contributed by atoms with Gasteiger partial charge in [0.25, 0.3) is 0 Å². The lowest BCUT2D eigenvalue weighted by atomic mass is 9.97. The number of methoxy groups -OCH3 is 1. The van der Waals surface area contributed by atoms with E-state index in [4.69, 9.17) is 28.4 Å². The molecule has 2 aromatic rings. The van der Waals surface area contributed by atoms with Gasteiger partial charge in [0.1, 0.15) is 55.4 Å². The summed E-state index contributed by atoms with van der Waals surface area (Å²) >= 11 is 0. The molecule has 0 unspecified atom stereocenters. The summed E-state index contributed by atoms with van der Waals surface area (Å²) in [5.74, 6) is -1.67. The van der Waals surface area contributed by atoms with Crippen LogP contribution in [0, 0.1) is 0 Å². The van der Waals surface area contributed by atoms with Crippen LogP contribution in [-0.2, 0) is 28.5 Å². The van der Waals surface area contributed by atoms with Crippen molar-refractivity contribution in [3.05, 3.63) is 53.6 Å². The molecule has 0 aromatic heterocycles. The third-order valence-electron chi connectivity index (χ3n) is 7.55. The second-order valence-corrected chi connectivity index (χ2v) is 10.8. The molecule has 0 saturated carbocycles. The molecule has 9 N–H and O–H groups in total. The summed E-state index contributed by atoms with van der Waals surface area (Å²) in [6.45, 7) is 0.298.